The first-order valence-corrected chi connectivity index (χ1v) is 6.70. The third kappa shape index (κ3) is 3.45. The smallest absolute Gasteiger partial charge is 0.178 e. The number of Topliss-reactive ketones (excluding diaryl/α,β-unsaturated/α-hetero) is 1. The van der Waals surface area contributed by atoms with E-state index in [1.54, 1.807) is 18.2 Å². The van der Waals surface area contributed by atoms with Gasteiger partial charge in [0.05, 0.1) is 17.7 Å². The topological polar surface area (TPSA) is 40.5 Å². The first-order valence-electron chi connectivity index (χ1n) is 5.95. The van der Waals surface area contributed by atoms with Crippen molar-refractivity contribution in [3.8, 4) is 0 Å². The fraction of sp³-hybridized carbons (Fsp3) is 0.462. The molecule has 1 unspecified atom stereocenters. The molecule has 2 rings (SSSR count). The van der Waals surface area contributed by atoms with E-state index in [9.17, 15) is 9.90 Å². The van der Waals surface area contributed by atoms with Crippen molar-refractivity contribution in [2.75, 3.05) is 19.6 Å². The molecule has 0 bridgehead atoms. The summed E-state index contributed by atoms with van der Waals surface area (Å²) in [6, 6.07) is 4.88. The molecule has 3 nitrogen and oxygen atoms in total. The van der Waals surface area contributed by atoms with Gasteiger partial charge in [0, 0.05) is 17.1 Å². The molecule has 0 amide bonds. The van der Waals surface area contributed by atoms with Crippen molar-refractivity contribution in [2.45, 2.75) is 18.9 Å². The maximum atomic E-state index is 12.1. The summed E-state index contributed by atoms with van der Waals surface area (Å²) >= 11 is 11.9. The molecule has 1 aliphatic rings. The fourth-order valence-electron chi connectivity index (χ4n) is 2.17. The van der Waals surface area contributed by atoms with Gasteiger partial charge in [-0.25, -0.2) is 0 Å². The molecule has 1 aromatic rings. The fourth-order valence-corrected chi connectivity index (χ4v) is 2.57. The summed E-state index contributed by atoms with van der Waals surface area (Å²) in [5.74, 6) is -0.0587. The maximum absolute atomic E-state index is 12.1. The summed E-state index contributed by atoms with van der Waals surface area (Å²) in [5.41, 5.74) is 0.448. The molecule has 0 spiro atoms. The van der Waals surface area contributed by atoms with E-state index in [2.05, 4.69) is 0 Å². The molecule has 1 saturated heterocycles. The molecule has 1 atom stereocenters. The standard InChI is InChI=1S/C13H15Cl2NO2/c14-9-3-4-12(15)11(6-9)13(18)8-16-5-1-2-10(17)7-16/h3-4,6,10,17H,1-2,5,7-8H2. The summed E-state index contributed by atoms with van der Waals surface area (Å²) in [4.78, 5) is 14.1. The van der Waals surface area contributed by atoms with Crippen LogP contribution in [-0.4, -0.2) is 41.5 Å². The molecule has 1 aromatic carbocycles. The molecule has 5 heteroatoms. The lowest BCUT2D eigenvalue weighted by atomic mass is 10.1. The summed E-state index contributed by atoms with van der Waals surface area (Å²) in [6.07, 6.45) is 1.39. The number of piperidine rings is 1. The number of ketones is 1. The summed E-state index contributed by atoms with van der Waals surface area (Å²) < 4.78 is 0. The molecule has 0 aromatic heterocycles. The zero-order valence-electron chi connectivity index (χ0n) is 9.90. The number of hydrogen-bond acceptors (Lipinski definition) is 3. The normalized spacial score (nSPS) is 20.9. The number of carbonyl (C=O) groups is 1. The summed E-state index contributed by atoms with van der Waals surface area (Å²) in [6.45, 7) is 1.65. The van der Waals surface area contributed by atoms with E-state index in [1.807, 2.05) is 4.90 Å². The van der Waals surface area contributed by atoms with E-state index in [4.69, 9.17) is 23.2 Å². The van der Waals surface area contributed by atoms with Gasteiger partial charge in [0.1, 0.15) is 0 Å². The molecular formula is C13H15Cl2NO2. The van der Waals surface area contributed by atoms with Gasteiger partial charge in [0.15, 0.2) is 5.78 Å². The van der Waals surface area contributed by atoms with Crippen LogP contribution in [0.1, 0.15) is 23.2 Å². The molecule has 0 aliphatic carbocycles. The minimum atomic E-state index is -0.332. The third-order valence-electron chi connectivity index (χ3n) is 3.08. The number of halogens is 2. The van der Waals surface area contributed by atoms with Crippen LogP contribution in [0, 0.1) is 0 Å². The van der Waals surface area contributed by atoms with Crippen molar-refractivity contribution in [1.29, 1.82) is 0 Å². The highest BCUT2D eigenvalue weighted by Gasteiger charge is 2.21. The van der Waals surface area contributed by atoms with Gasteiger partial charge in [-0.3, -0.25) is 9.69 Å². The van der Waals surface area contributed by atoms with Crippen LogP contribution < -0.4 is 0 Å². The molecule has 1 fully saturated rings. The number of β-amino-alcohol motifs (C(OH)–C–C–N with tert-alkyl or cyclic N) is 1. The Labute approximate surface area is 116 Å². The lowest BCUT2D eigenvalue weighted by Crippen LogP contribution is -2.41. The lowest BCUT2D eigenvalue weighted by molar-refractivity contribution is 0.0634. The molecule has 0 radical (unpaired) electrons. The molecule has 1 aliphatic heterocycles. The van der Waals surface area contributed by atoms with Crippen molar-refractivity contribution >= 4 is 29.0 Å². The monoisotopic (exact) mass is 287 g/mol. The number of benzene rings is 1. The average Bonchev–Trinajstić information content (AvgIpc) is 2.32. The van der Waals surface area contributed by atoms with Gasteiger partial charge < -0.3 is 5.11 Å². The van der Waals surface area contributed by atoms with E-state index >= 15 is 0 Å². The predicted octanol–water partition coefficient (Wildman–Crippen LogP) is 2.63. The molecule has 0 saturated carbocycles. The minimum absolute atomic E-state index is 0.0587. The van der Waals surface area contributed by atoms with E-state index in [0.717, 1.165) is 19.4 Å². The van der Waals surface area contributed by atoms with Crippen molar-refractivity contribution in [3.05, 3.63) is 33.8 Å². The number of likely N-dealkylation sites (tertiary alicyclic amines) is 1. The Morgan fingerprint density at radius 3 is 2.94 bits per heavy atom. The van der Waals surface area contributed by atoms with Crippen molar-refractivity contribution < 1.29 is 9.90 Å². The van der Waals surface area contributed by atoms with Gasteiger partial charge in [0.2, 0.25) is 0 Å². The Bertz CT molecular complexity index is 451. The van der Waals surface area contributed by atoms with Gasteiger partial charge in [-0.2, -0.15) is 0 Å². The Morgan fingerprint density at radius 2 is 2.22 bits per heavy atom. The van der Waals surface area contributed by atoms with Gasteiger partial charge >= 0.3 is 0 Å². The number of carbonyl (C=O) groups excluding carboxylic acids is 1. The van der Waals surface area contributed by atoms with Crippen molar-refractivity contribution in [3.63, 3.8) is 0 Å². The van der Waals surface area contributed by atoms with Crippen LogP contribution in [0.4, 0.5) is 0 Å². The largest absolute Gasteiger partial charge is 0.392 e. The SMILES string of the molecule is O=C(CN1CCCC(O)C1)c1cc(Cl)ccc1Cl. The molecule has 18 heavy (non-hydrogen) atoms. The second-order valence-corrected chi connectivity index (χ2v) is 5.42. The van der Waals surface area contributed by atoms with Crippen LogP contribution in [0.2, 0.25) is 10.0 Å². The Hall–Kier alpha value is -0.610. The van der Waals surface area contributed by atoms with E-state index in [0.29, 0.717) is 22.2 Å². The third-order valence-corrected chi connectivity index (χ3v) is 3.64. The second-order valence-electron chi connectivity index (χ2n) is 4.58. The van der Waals surface area contributed by atoms with Crippen LogP contribution in [0.5, 0.6) is 0 Å². The average molecular weight is 288 g/mol. The molecule has 98 valence electrons. The van der Waals surface area contributed by atoms with E-state index in [-0.39, 0.29) is 18.4 Å². The zero-order chi connectivity index (χ0) is 13.1. The highest BCUT2D eigenvalue weighted by Crippen LogP contribution is 2.21. The van der Waals surface area contributed by atoms with Gasteiger partial charge in [0.25, 0.3) is 0 Å². The van der Waals surface area contributed by atoms with Gasteiger partial charge in [-0.05, 0) is 37.6 Å². The quantitative estimate of drug-likeness (QED) is 0.869. The van der Waals surface area contributed by atoms with Crippen LogP contribution in [0.15, 0.2) is 18.2 Å². The Kier molecular flexibility index (Phi) is 4.62. The summed E-state index contributed by atoms with van der Waals surface area (Å²) in [5, 5.41) is 10.5. The minimum Gasteiger partial charge on any atom is -0.392 e. The van der Waals surface area contributed by atoms with Crippen molar-refractivity contribution in [2.24, 2.45) is 0 Å². The predicted molar refractivity (Wildman–Crippen MR) is 72.5 cm³/mol. The van der Waals surface area contributed by atoms with Crippen LogP contribution in [-0.2, 0) is 0 Å². The van der Waals surface area contributed by atoms with Crippen LogP contribution in [0.3, 0.4) is 0 Å². The lowest BCUT2D eigenvalue weighted by Gasteiger charge is -2.29. The van der Waals surface area contributed by atoms with Crippen LogP contribution >= 0.6 is 23.2 Å². The Balaban J connectivity index is 2.05. The first-order chi connectivity index (χ1) is 8.56. The van der Waals surface area contributed by atoms with E-state index in [1.165, 1.54) is 0 Å². The van der Waals surface area contributed by atoms with Crippen molar-refractivity contribution in [1.82, 2.24) is 4.90 Å². The number of aliphatic hydroxyl groups is 1. The Morgan fingerprint density at radius 1 is 1.44 bits per heavy atom. The number of rotatable bonds is 3. The maximum Gasteiger partial charge on any atom is 0.178 e. The highest BCUT2D eigenvalue weighted by atomic mass is 35.5. The first kappa shape index (κ1) is 13.8. The number of aliphatic hydroxyl groups excluding tert-OH is 1. The second kappa shape index (κ2) is 6.02. The summed E-state index contributed by atoms with van der Waals surface area (Å²) in [7, 11) is 0. The number of nitrogens with zero attached hydrogens (tertiary/aromatic N) is 1. The highest BCUT2D eigenvalue weighted by molar-refractivity contribution is 6.36. The van der Waals surface area contributed by atoms with Gasteiger partial charge in [-0.15, -0.1) is 0 Å². The molecular weight excluding hydrogens is 273 g/mol. The van der Waals surface area contributed by atoms with Crippen LogP contribution in [0.25, 0.3) is 0 Å². The number of hydrogen-bond donors (Lipinski definition) is 1. The van der Waals surface area contributed by atoms with E-state index < -0.39 is 0 Å². The molecule has 1 heterocycles. The molecule has 1 N–H and O–H groups in total. The zero-order valence-corrected chi connectivity index (χ0v) is 11.4. The van der Waals surface area contributed by atoms with Gasteiger partial charge in [-0.1, -0.05) is 23.2 Å².